The minimum absolute atomic E-state index is 0.0729. The lowest BCUT2D eigenvalue weighted by Gasteiger charge is -2.36. The highest BCUT2D eigenvalue weighted by atomic mass is 16.5. The summed E-state index contributed by atoms with van der Waals surface area (Å²) in [5.41, 5.74) is 3.95. The lowest BCUT2D eigenvalue weighted by molar-refractivity contribution is -0.144. The monoisotopic (exact) mass is 478 g/mol. The van der Waals surface area contributed by atoms with E-state index < -0.39 is 29.4 Å². The normalized spacial score (nSPS) is 20.2. The van der Waals surface area contributed by atoms with Gasteiger partial charge < -0.3 is 20.1 Å². The minimum Gasteiger partial charge on any atom is -0.481 e. The summed E-state index contributed by atoms with van der Waals surface area (Å²) in [5.74, 6) is -1.80. The number of alkyl carbamates (subject to hydrolysis) is 1. The van der Waals surface area contributed by atoms with E-state index in [9.17, 15) is 19.5 Å². The number of carbonyl (C=O) groups is 3. The van der Waals surface area contributed by atoms with Crippen LogP contribution in [0.3, 0.4) is 0 Å². The van der Waals surface area contributed by atoms with E-state index in [1.54, 1.807) is 4.90 Å². The fourth-order valence-electron chi connectivity index (χ4n) is 5.49. The molecule has 3 atom stereocenters. The number of rotatable bonds is 6. The maximum absolute atomic E-state index is 13.5. The minimum atomic E-state index is -0.885. The van der Waals surface area contributed by atoms with Gasteiger partial charge in [-0.1, -0.05) is 76.2 Å². The summed E-state index contributed by atoms with van der Waals surface area (Å²) < 4.78 is 5.68. The van der Waals surface area contributed by atoms with Gasteiger partial charge in [-0.05, 0) is 40.5 Å². The van der Waals surface area contributed by atoms with Crippen molar-refractivity contribution in [1.82, 2.24) is 10.2 Å². The van der Waals surface area contributed by atoms with E-state index >= 15 is 0 Å². The van der Waals surface area contributed by atoms with Crippen molar-refractivity contribution in [3.8, 4) is 11.1 Å². The number of nitrogens with zero attached hydrogens (tertiary/aromatic N) is 1. The first-order valence-electron chi connectivity index (χ1n) is 12.3. The molecule has 186 valence electrons. The summed E-state index contributed by atoms with van der Waals surface area (Å²) >= 11 is 0. The van der Waals surface area contributed by atoms with Crippen LogP contribution in [0.2, 0.25) is 0 Å². The average Bonchev–Trinajstić information content (AvgIpc) is 3.39. The number of fused-ring (bicyclic) bond motifs is 3. The fraction of sp³-hybridized carbons (Fsp3) is 0.464. The molecule has 2 aromatic carbocycles. The van der Waals surface area contributed by atoms with E-state index in [0.29, 0.717) is 19.4 Å². The topological polar surface area (TPSA) is 95.9 Å². The molecule has 3 unspecified atom stereocenters. The third-order valence-electron chi connectivity index (χ3n) is 7.28. The van der Waals surface area contributed by atoms with Crippen LogP contribution < -0.4 is 5.32 Å². The number of carboxylic acid groups (broad SMARTS) is 1. The second kappa shape index (κ2) is 9.72. The number of nitrogens with one attached hydrogen (secondary N) is 1. The third-order valence-corrected chi connectivity index (χ3v) is 7.28. The molecular formula is C28H34N2O5. The van der Waals surface area contributed by atoms with Crippen molar-refractivity contribution >= 4 is 18.0 Å². The van der Waals surface area contributed by atoms with Crippen LogP contribution in [0, 0.1) is 11.3 Å². The molecule has 4 rings (SSSR count). The molecule has 2 N–H and O–H groups in total. The number of benzene rings is 2. The van der Waals surface area contributed by atoms with Crippen LogP contribution in [0.4, 0.5) is 4.79 Å². The van der Waals surface area contributed by atoms with Gasteiger partial charge >= 0.3 is 12.1 Å². The number of carbonyl (C=O) groups excluding carboxylic acids is 2. The molecule has 7 nitrogen and oxygen atoms in total. The van der Waals surface area contributed by atoms with Crippen molar-refractivity contribution in [2.45, 2.75) is 58.5 Å². The zero-order valence-electron chi connectivity index (χ0n) is 20.8. The second-order valence-electron chi connectivity index (χ2n) is 10.5. The highest BCUT2D eigenvalue weighted by Crippen LogP contribution is 2.44. The first kappa shape index (κ1) is 24.8. The van der Waals surface area contributed by atoms with Gasteiger partial charge in [0.2, 0.25) is 5.91 Å². The average molecular weight is 479 g/mol. The van der Waals surface area contributed by atoms with Crippen LogP contribution in [0.1, 0.15) is 57.6 Å². The Morgan fingerprint density at radius 2 is 1.63 bits per heavy atom. The van der Waals surface area contributed by atoms with Gasteiger partial charge in [0.15, 0.2) is 0 Å². The number of hydrogen-bond donors (Lipinski definition) is 2. The van der Waals surface area contributed by atoms with Crippen molar-refractivity contribution in [3.63, 3.8) is 0 Å². The van der Waals surface area contributed by atoms with Crippen molar-refractivity contribution in [2.75, 3.05) is 13.2 Å². The van der Waals surface area contributed by atoms with Gasteiger partial charge in [-0.15, -0.1) is 0 Å². The molecule has 1 saturated heterocycles. The predicted molar refractivity (Wildman–Crippen MR) is 133 cm³/mol. The highest BCUT2D eigenvalue weighted by Gasteiger charge is 2.45. The van der Waals surface area contributed by atoms with Gasteiger partial charge in [0, 0.05) is 18.5 Å². The molecule has 35 heavy (non-hydrogen) atoms. The van der Waals surface area contributed by atoms with Gasteiger partial charge in [-0.25, -0.2) is 4.79 Å². The van der Waals surface area contributed by atoms with E-state index in [4.69, 9.17) is 4.74 Å². The number of likely N-dealkylation sites (tertiary alicyclic amines) is 1. The van der Waals surface area contributed by atoms with Crippen LogP contribution in [0.5, 0.6) is 0 Å². The van der Waals surface area contributed by atoms with E-state index in [-0.39, 0.29) is 24.5 Å². The first-order valence-corrected chi connectivity index (χ1v) is 12.3. The molecule has 2 aromatic rings. The lowest BCUT2D eigenvalue weighted by atomic mass is 9.85. The smallest absolute Gasteiger partial charge is 0.407 e. The van der Waals surface area contributed by atoms with Gasteiger partial charge in [0.1, 0.15) is 12.6 Å². The van der Waals surface area contributed by atoms with Gasteiger partial charge in [0.05, 0.1) is 5.92 Å². The molecule has 0 bridgehead atoms. The Kier molecular flexibility index (Phi) is 6.88. The number of amides is 2. The molecule has 7 heteroatoms. The zero-order valence-corrected chi connectivity index (χ0v) is 20.8. The molecule has 1 heterocycles. The molecule has 1 aliphatic carbocycles. The number of aliphatic carboxylic acids is 1. The summed E-state index contributed by atoms with van der Waals surface area (Å²) in [4.78, 5) is 39.7. The summed E-state index contributed by atoms with van der Waals surface area (Å²) in [5, 5.41) is 12.3. The molecule has 0 spiro atoms. The zero-order chi connectivity index (χ0) is 25.3. The summed E-state index contributed by atoms with van der Waals surface area (Å²) in [7, 11) is 0. The Morgan fingerprint density at radius 1 is 1.06 bits per heavy atom. The summed E-state index contributed by atoms with van der Waals surface area (Å²) in [6.45, 7) is 8.05. The fourth-order valence-corrected chi connectivity index (χ4v) is 5.49. The van der Waals surface area contributed by atoms with E-state index in [1.165, 1.54) is 0 Å². The SMILES string of the molecule is CCC1C(C(=O)O)CCN1C(=O)C(NC(=O)OCC1c2ccccc2-c2ccccc21)C(C)(C)C. The molecule has 1 aliphatic heterocycles. The second-order valence-corrected chi connectivity index (χ2v) is 10.5. The molecule has 2 aliphatic rings. The van der Waals surface area contributed by atoms with Crippen LogP contribution >= 0.6 is 0 Å². The molecule has 0 saturated carbocycles. The molecular weight excluding hydrogens is 444 g/mol. The Bertz CT molecular complexity index is 1080. The van der Waals surface area contributed by atoms with Crippen molar-refractivity contribution < 1.29 is 24.2 Å². The predicted octanol–water partition coefficient (Wildman–Crippen LogP) is 4.65. The Labute approximate surface area is 206 Å². The maximum Gasteiger partial charge on any atom is 0.407 e. The lowest BCUT2D eigenvalue weighted by Crippen LogP contribution is -2.56. The molecule has 0 radical (unpaired) electrons. The van der Waals surface area contributed by atoms with Crippen LogP contribution in [0.25, 0.3) is 11.1 Å². The number of ether oxygens (including phenoxy) is 1. The maximum atomic E-state index is 13.5. The Balaban J connectivity index is 1.47. The van der Waals surface area contributed by atoms with E-state index in [1.807, 2.05) is 52.0 Å². The van der Waals surface area contributed by atoms with Crippen molar-refractivity contribution in [1.29, 1.82) is 0 Å². The molecule has 0 aromatic heterocycles. The standard InChI is InChI=1S/C28H34N2O5/c1-5-23-21(26(32)33)14-15-30(23)25(31)24(28(2,3)4)29-27(34)35-16-22-19-12-8-6-10-17(19)18-11-7-9-13-20(18)22/h6-13,21-24H,5,14-16H2,1-4H3,(H,29,34)(H,32,33). The first-order chi connectivity index (χ1) is 16.6. The van der Waals surface area contributed by atoms with Crippen LogP contribution in [0.15, 0.2) is 48.5 Å². The molecule has 2 amide bonds. The van der Waals surface area contributed by atoms with Crippen LogP contribution in [-0.2, 0) is 14.3 Å². The van der Waals surface area contributed by atoms with Crippen molar-refractivity contribution in [3.05, 3.63) is 59.7 Å². The number of hydrogen-bond acceptors (Lipinski definition) is 4. The number of carboxylic acids is 1. The van der Waals surface area contributed by atoms with Crippen LogP contribution in [-0.4, -0.2) is 53.2 Å². The Hall–Kier alpha value is -3.35. The van der Waals surface area contributed by atoms with Gasteiger partial charge in [-0.3, -0.25) is 9.59 Å². The Morgan fingerprint density at radius 3 is 2.14 bits per heavy atom. The summed E-state index contributed by atoms with van der Waals surface area (Å²) in [6.07, 6.45) is 0.313. The quantitative estimate of drug-likeness (QED) is 0.630. The van der Waals surface area contributed by atoms with E-state index in [2.05, 4.69) is 29.6 Å². The summed E-state index contributed by atoms with van der Waals surface area (Å²) in [6, 6.07) is 15.0. The van der Waals surface area contributed by atoms with Gasteiger partial charge in [-0.2, -0.15) is 0 Å². The molecule has 1 fully saturated rings. The van der Waals surface area contributed by atoms with Gasteiger partial charge in [0.25, 0.3) is 0 Å². The third kappa shape index (κ3) is 4.77. The van der Waals surface area contributed by atoms with E-state index in [0.717, 1.165) is 22.3 Å². The highest BCUT2D eigenvalue weighted by molar-refractivity contribution is 5.88. The largest absolute Gasteiger partial charge is 0.481 e. The van der Waals surface area contributed by atoms with Crippen molar-refractivity contribution in [2.24, 2.45) is 11.3 Å².